The van der Waals surface area contributed by atoms with E-state index < -0.39 is 0 Å². The van der Waals surface area contributed by atoms with Crippen LogP contribution in [0.2, 0.25) is 10.0 Å². The number of methoxy groups -OCH3 is 1. The minimum Gasteiger partial charge on any atom is -0.383 e. The zero-order valence-electron chi connectivity index (χ0n) is 11.2. The normalized spacial score (nSPS) is 11.0. The molecular weight excluding hydrogens is 301 g/mol. The molecule has 8 heteroatoms. The van der Waals surface area contributed by atoms with E-state index in [1.807, 2.05) is 6.92 Å². The zero-order chi connectivity index (χ0) is 14.5. The van der Waals surface area contributed by atoms with Gasteiger partial charge in [0.25, 0.3) is 0 Å². The summed E-state index contributed by atoms with van der Waals surface area (Å²) in [6, 6.07) is 3.55. The van der Waals surface area contributed by atoms with E-state index in [4.69, 9.17) is 27.9 Å². The predicted octanol–water partition coefficient (Wildman–Crippen LogP) is 2.01. The Morgan fingerprint density at radius 2 is 2.10 bits per heavy atom. The molecule has 1 aromatic carbocycles. The number of tetrazole rings is 1. The fourth-order valence-corrected chi connectivity index (χ4v) is 2.13. The van der Waals surface area contributed by atoms with Gasteiger partial charge >= 0.3 is 0 Å². The Bertz CT molecular complexity index is 587. The molecule has 2 rings (SSSR count). The third-order valence-electron chi connectivity index (χ3n) is 2.76. The number of nitrogens with zero attached hydrogens (tertiary/aromatic N) is 4. The summed E-state index contributed by atoms with van der Waals surface area (Å²) in [5, 5.41) is 16.0. The van der Waals surface area contributed by atoms with Crippen molar-refractivity contribution in [1.29, 1.82) is 0 Å². The quantitative estimate of drug-likeness (QED) is 0.826. The fraction of sp³-hybridized carbons (Fsp3) is 0.417. The van der Waals surface area contributed by atoms with E-state index in [-0.39, 0.29) is 0 Å². The van der Waals surface area contributed by atoms with Gasteiger partial charge < -0.3 is 10.1 Å². The third kappa shape index (κ3) is 3.46. The van der Waals surface area contributed by atoms with E-state index in [9.17, 15) is 0 Å². The van der Waals surface area contributed by atoms with Crippen molar-refractivity contribution in [3.8, 4) is 5.69 Å². The van der Waals surface area contributed by atoms with Gasteiger partial charge in [0.2, 0.25) is 0 Å². The monoisotopic (exact) mass is 315 g/mol. The number of ether oxygens (including phenoxy) is 1. The van der Waals surface area contributed by atoms with E-state index >= 15 is 0 Å². The summed E-state index contributed by atoms with van der Waals surface area (Å²) in [4.78, 5) is 0. The van der Waals surface area contributed by atoms with Crippen LogP contribution in [0.3, 0.4) is 0 Å². The highest BCUT2D eigenvalue weighted by Gasteiger charge is 2.13. The number of aryl methyl sites for hydroxylation is 1. The van der Waals surface area contributed by atoms with Gasteiger partial charge in [-0.05, 0) is 35.0 Å². The average molecular weight is 316 g/mol. The number of aromatic nitrogens is 4. The Morgan fingerprint density at radius 3 is 2.85 bits per heavy atom. The van der Waals surface area contributed by atoms with Crippen LogP contribution in [-0.4, -0.2) is 40.5 Å². The van der Waals surface area contributed by atoms with Crippen molar-refractivity contribution in [1.82, 2.24) is 25.5 Å². The van der Waals surface area contributed by atoms with Crippen LogP contribution in [0.1, 0.15) is 11.4 Å². The number of hydrogen-bond donors (Lipinski definition) is 1. The second-order valence-electron chi connectivity index (χ2n) is 4.23. The molecule has 6 nitrogen and oxygen atoms in total. The molecule has 0 radical (unpaired) electrons. The Kier molecular flexibility index (Phi) is 5.31. The van der Waals surface area contributed by atoms with E-state index in [2.05, 4.69) is 20.8 Å². The molecule has 0 saturated carbocycles. The summed E-state index contributed by atoms with van der Waals surface area (Å²) in [5.41, 5.74) is 1.57. The summed E-state index contributed by atoms with van der Waals surface area (Å²) in [6.45, 7) is 3.74. The van der Waals surface area contributed by atoms with Crippen molar-refractivity contribution >= 4 is 23.2 Å². The topological polar surface area (TPSA) is 64.9 Å². The highest BCUT2D eigenvalue weighted by Crippen LogP contribution is 2.27. The van der Waals surface area contributed by atoms with Crippen LogP contribution in [0.25, 0.3) is 5.69 Å². The van der Waals surface area contributed by atoms with E-state index in [0.717, 1.165) is 5.56 Å². The summed E-state index contributed by atoms with van der Waals surface area (Å²) < 4.78 is 6.54. The van der Waals surface area contributed by atoms with Crippen LogP contribution in [0.4, 0.5) is 0 Å². The van der Waals surface area contributed by atoms with Gasteiger partial charge in [-0.3, -0.25) is 0 Å². The maximum atomic E-state index is 6.23. The van der Waals surface area contributed by atoms with Gasteiger partial charge in [0.05, 0.1) is 23.9 Å². The molecule has 0 spiro atoms. The summed E-state index contributed by atoms with van der Waals surface area (Å²) in [5.74, 6) is 0.655. The minimum atomic E-state index is 0.512. The Hall–Kier alpha value is -1.21. The molecule has 20 heavy (non-hydrogen) atoms. The van der Waals surface area contributed by atoms with Gasteiger partial charge in [0.15, 0.2) is 5.82 Å². The molecule has 1 N–H and O–H groups in total. The Balaban J connectivity index is 2.21. The highest BCUT2D eigenvalue weighted by molar-refractivity contribution is 6.35. The lowest BCUT2D eigenvalue weighted by atomic mass is 10.2. The number of halogens is 2. The van der Waals surface area contributed by atoms with Gasteiger partial charge in [0, 0.05) is 18.7 Å². The fourth-order valence-electron chi connectivity index (χ4n) is 1.68. The smallest absolute Gasteiger partial charge is 0.170 e. The van der Waals surface area contributed by atoms with Crippen LogP contribution < -0.4 is 5.32 Å². The molecule has 108 valence electrons. The lowest BCUT2D eigenvalue weighted by molar-refractivity contribution is 0.199. The van der Waals surface area contributed by atoms with Gasteiger partial charge in [-0.1, -0.05) is 23.2 Å². The van der Waals surface area contributed by atoms with Crippen molar-refractivity contribution in [2.24, 2.45) is 0 Å². The molecule has 0 fully saturated rings. The first-order chi connectivity index (χ1) is 9.63. The number of nitrogens with one attached hydrogen (secondary N) is 1. The van der Waals surface area contributed by atoms with Gasteiger partial charge in [-0.25, -0.2) is 0 Å². The van der Waals surface area contributed by atoms with Crippen molar-refractivity contribution in [2.75, 3.05) is 20.3 Å². The second-order valence-corrected chi connectivity index (χ2v) is 5.04. The number of rotatable bonds is 6. The first-order valence-electron chi connectivity index (χ1n) is 6.06. The van der Waals surface area contributed by atoms with Crippen LogP contribution in [0.15, 0.2) is 12.1 Å². The highest BCUT2D eigenvalue weighted by atomic mass is 35.5. The minimum absolute atomic E-state index is 0.512. The number of hydrogen-bond acceptors (Lipinski definition) is 5. The van der Waals surface area contributed by atoms with Crippen molar-refractivity contribution < 1.29 is 4.74 Å². The molecule has 1 aromatic heterocycles. The SMILES string of the molecule is COCCNCc1nnnn1-c1cc(Cl)c(C)cc1Cl. The standard InChI is InChI=1S/C12H15Cl2N5O/c1-8-5-10(14)11(6-9(8)13)19-12(16-17-18-19)7-15-3-4-20-2/h5-6,15H,3-4,7H2,1-2H3. The molecule has 0 aliphatic carbocycles. The predicted molar refractivity (Wildman–Crippen MR) is 77.5 cm³/mol. The summed E-state index contributed by atoms with van der Waals surface area (Å²) >= 11 is 12.4. The molecule has 0 saturated heterocycles. The Labute approximate surface area is 127 Å². The van der Waals surface area contributed by atoms with Gasteiger partial charge in [-0.15, -0.1) is 5.10 Å². The maximum Gasteiger partial charge on any atom is 0.170 e. The largest absolute Gasteiger partial charge is 0.383 e. The van der Waals surface area contributed by atoms with E-state index in [1.165, 1.54) is 0 Å². The molecular formula is C12H15Cl2N5O. The molecule has 1 heterocycles. The molecule has 0 atom stereocenters. The lowest BCUT2D eigenvalue weighted by Crippen LogP contribution is -2.21. The zero-order valence-corrected chi connectivity index (χ0v) is 12.7. The average Bonchev–Trinajstić information content (AvgIpc) is 2.87. The maximum absolute atomic E-state index is 6.23. The van der Waals surface area contributed by atoms with Crippen LogP contribution in [-0.2, 0) is 11.3 Å². The molecule has 0 aliphatic rings. The Morgan fingerprint density at radius 1 is 1.30 bits per heavy atom. The third-order valence-corrected chi connectivity index (χ3v) is 3.47. The van der Waals surface area contributed by atoms with Crippen LogP contribution >= 0.6 is 23.2 Å². The van der Waals surface area contributed by atoms with Crippen molar-refractivity contribution in [3.05, 3.63) is 33.6 Å². The first kappa shape index (κ1) is 15.2. The summed E-state index contributed by atoms with van der Waals surface area (Å²) in [6.07, 6.45) is 0. The molecule has 0 aliphatic heterocycles. The van der Waals surface area contributed by atoms with Crippen LogP contribution in [0.5, 0.6) is 0 Å². The molecule has 0 bridgehead atoms. The molecule has 0 amide bonds. The van der Waals surface area contributed by atoms with Crippen LogP contribution in [0, 0.1) is 6.92 Å². The number of benzene rings is 1. The molecule has 0 unspecified atom stereocenters. The second kappa shape index (κ2) is 6.99. The molecule has 2 aromatic rings. The van der Waals surface area contributed by atoms with Crippen molar-refractivity contribution in [3.63, 3.8) is 0 Å². The van der Waals surface area contributed by atoms with Gasteiger partial charge in [0.1, 0.15) is 0 Å². The first-order valence-corrected chi connectivity index (χ1v) is 6.82. The lowest BCUT2D eigenvalue weighted by Gasteiger charge is -2.09. The van der Waals surface area contributed by atoms with Gasteiger partial charge in [-0.2, -0.15) is 4.68 Å². The van der Waals surface area contributed by atoms with E-state index in [0.29, 0.717) is 41.3 Å². The summed E-state index contributed by atoms with van der Waals surface area (Å²) in [7, 11) is 1.65. The van der Waals surface area contributed by atoms with Crippen molar-refractivity contribution in [2.45, 2.75) is 13.5 Å². The van der Waals surface area contributed by atoms with E-state index in [1.54, 1.807) is 23.9 Å².